The zero-order valence-corrected chi connectivity index (χ0v) is 12.7. The third kappa shape index (κ3) is 5.17. The molecule has 1 atom stereocenters. The van der Waals surface area contributed by atoms with E-state index in [4.69, 9.17) is 4.74 Å². The first-order valence-corrected chi connectivity index (χ1v) is 6.62. The fourth-order valence-corrected chi connectivity index (χ4v) is 1.70. The molecule has 21 heavy (non-hydrogen) atoms. The van der Waals surface area contributed by atoms with Crippen LogP contribution in [-0.2, 0) is 4.74 Å². The van der Waals surface area contributed by atoms with Crippen LogP contribution in [0.4, 0.5) is 13.6 Å². The van der Waals surface area contributed by atoms with E-state index in [-0.39, 0.29) is 5.56 Å². The largest absolute Gasteiger partial charge is 0.444 e. The van der Waals surface area contributed by atoms with Gasteiger partial charge in [0, 0.05) is 0 Å². The number of nitrogens with one attached hydrogen (secondary N) is 1. The van der Waals surface area contributed by atoms with Gasteiger partial charge in [0.05, 0.1) is 0 Å². The number of hydrogen-bond acceptors (Lipinski definition) is 2. The SMILES string of the molecule is C=CC(F)(F)C(NC(=O)OC(C)(C)C)c1ccc(C)cc1. The molecule has 0 aliphatic carbocycles. The quantitative estimate of drug-likeness (QED) is 0.837. The Hall–Kier alpha value is -1.91. The average molecular weight is 297 g/mol. The van der Waals surface area contributed by atoms with Crippen LogP contribution in [0.25, 0.3) is 0 Å². The van der Waals surface area contributed by atoms with Crippen molar-refractivity contribution in [3.05, 3.63) is 48.0 Å². The van der Waals surface area contributed by atoms with E-state index in [0.717, 1.165) is 5.56 Å². The van der Waals surface area contributed by atoms with Gasteiger partial charge in [-0.05, 0) is 39.3 Å². The highest BCUT2D eigenvalue weighted by atomic mass is 19.3. The highest BCUT2D eigenvalue weighted by molar-refractivity contribution is 5.68. The number of aryl methyl sites for hydroxylation is 1. The normalized spacial score (nSPS) is 13.4. The number of amides is 1. The molecular formula is C16H21F2NO2. The number of halogens is 2. The Kier molecular flexibility index (Phi) is 5.10. The first-order valence-electron chi connectivity index (χ1n) is 6.62. The molecule has 1 N–H and O–H groups in total. The Bertz CT molecular complexity index is 504. The lowest BCUT2D eigenvalue weighted by molar-refractivity contribution is -0.000438. The lowest BCUT2D eigenvalue weighted by Gasteiger charge is -2.27. The second-order valence-electron chi connectivity index (χ2n) is 5.87. The fraction of sp³-hybridized carbons (Fsp3) is 0.438. The zero-order chi connectivity index (χ0) is 16.3. The Morgan fingerprint density at radius 1 is 1.29 bits per heavy atom. The van der Waals surface area contributed by atoms with Gasteiger partial charge < -0.3 is 10.1 Å². The van der Waals surface area contributed by atoms with Gasteiger partial charge in [-0.25, -0.2) is 4.79 Å². The van der Waals surface area contributed by atoms with Crippen LogP contribution >= 0.6 is 0 Å². The molecule has 0 saturated carbocycles. The number of hydrogen-bond donors (Lipinski definition) is 1. The summed E-state index contributed by atoms with van der Waals surface area (Å²) in [6.07, 6.45) is -0.371. The number of alkyl halides is 2. The number of benzene rings is 1. The smallest absolute Gasteiger partial charge is 0.408 e. The predicted molar refractivity (Wildman–Crippen MR) is 78.4 cm³/mol. The molecule has 0 fully saturated rings. The molecule has 0 aromatic heterocycles. The van der Waals surface area contributed by atoms with Gasteiger partial charge in [-0.2, -0.15) is 8.78 Å². The summed E-state index contributed by atoms with van der Waals surface area (Å²) in [5.74, 6) is -3.29. The van der Waals surface area contributed by atoms with Crippen LogP contribution in [0.2, 0.25) is 0 Å². The molecule has 0 bridgehead atoms. The van der Waals surface area contributed by atoms with Crippen LogP contribution in [0.5, 0.6) is 0 Å². The van der Waals surface area contributed by atoms with Gasteiger partial charge in [-0.15, -0.1) is 0 Å². The summed E-state index contributed by atoms with van der Waals surface area (Å²) < 4.78 is 33.1. The zero-order valence-electron chi connectivity index (χ0n) is 12.7. The molecule has 1 amide bonds. The summed E-state index contributed by atoms with van der Waals surface area (Å²) >= 11 is 0. The van der Waals surface area contributed by atoms with Gasteiger partial charge in [-0.1, -0.05) is 36.4 Å². The minimum absolute atomic E-state index is 0.288. The van der Waals surface area contributed by atoms with E-state index in [0.29, 0.717) is 6.08 Å². The number of carbonyl (C=O) groups excluding carboxylic acids is 1. The van der Waals surface area contributed by atoms with Crippen molar-refractivity contribution >= 4 is 6.09 Å². The van der Waals surface area contributed by atoms with E-state index in [9.17, 15) is 13.6 Å². The highest BCUT2D eigenvalue weighted by Gasteiger charge is 2.39. The van der Waals surface area contributed by atoms with Crippen molar-refractivity contribution in [3.8, 4) is 0 Å². The topological polar surface area (TPSA) is 38.3 Å². The van der Waals surface area contributed by atoms with Crippen molar-refractivity contribution in [1.82, 2.24) is 5.32 Å². The molecule has 1 aromatic carbocycles. The van der Waals surface area contributed by atoms with Gasteiger partial charge >= 0.3 is 6.09 Å². The first-order chi connectivity index (χ1) is 9.55. The van der Waals surface area contributed by atoms with E-state index in [1.165, 1.54) is 0 Å². The second-order valence-corrected chi connectivity index (χ2v) is 5.87. The van der Waals surface area contributed by atoms with Gasteiger partial charge in [0.1, 0.15) is 11.6 Å². The number of alkyl carbamates (subject to hydrolysis) is 1. The van der Waals surface area contributed by atoms with Crippen LogP contribution in [-0.4, -0.2) is 17.6 Å². The molecule has 1 aromatic rings. The molecule has 1 rings (SSSR count). The minimum Gasteiger partial charge on any atom is -0.444 e. The minimum atomic E-state index is -3.29. The van der Waals surface area contributed by atoms with Crippen molar-refractivity contribution in [3.63, 3.8) is 0 Å². The van der Waals surface area contributed by atoms with Crippen LogP contribution in [0.3, 0.4) is 0 Å². The van der Waals surface area contributed by atoms with Crippen LogP contribution in [0.1, 0.15) is 37.9 Å². The van der Waals surface area contributed by atoms with Crippen molar-refractivity contribution in [2.24, 2.45) is 0 Å². The van der Waals surface area contributed by atoms with Gasteiger partial charge in [0.25, 0.3) is 5.92 Å². The Labute approximate surface area is 124 Å². The van der Waals surface area contributed by atoms with E-state index in [1.807, 2.05) is 6.92 Å². The molecule has 0 saturated heterocycles. The molecule has 0 aliphatic heterocycles. The predicted octanol–water partition coefficient (Wildman–Crippen LogP) is 4.38. The third-order valence-electron chi connectivity index (χ3n) is 2.73. The standard InChI is InChI=1S/C16H21F2NO2/c1-6-16(17,18)13(12-9-7-11(2)8-10-12)19-14(20)21-15(3,4)5/h6-10,13H,1H2,2-5H3,(H,19,20). The molecule has 0 heterocycles. The molecule has 116 valence electrons. The van der Waals surface area contributed by atoms with Crippen LogP contribution in [0, 0.1) is 6.92 Å². The average Bonchev–Trinajstić information content (AvgIpc) is 2.35. The van der Waals surface area contributed by atoms with Gasteiger partial charge in [0.15, 0.2) is 0 Å². The first kappa shape index (κ1) is 17.1. The molecule has 1 unspecified atom stereocenters. The molecule has 3 nitrogen and oxygen atoms in total. The maximum atomic E-state index is 14.0. The van der Waals surface area contributed by atoms with E-state index < -0.39 is 23.7 Å². The van der Waals surface area contributed by atoms with E-state index in [1.54, 1.807) is 45.0 Å². The molecular weight excluding hydrogens is 276 g/mol. The summed E-state index contributed by atoms with van der Waals surface area (Å²) in [7, 11) is 0. The lowest BCUT2D eigenvalue weighted by Crippen LogP contribution is -2.42. The molecule has 0 spiro atoms. The van der Waals surface area contributed by atoms with Crippen LogP contribution < -0.4 is 5.32 Å². The summed E-state index contributed by atoms with van der Waals surface area (Å²) in [6, 6.07) is 4.99. The van der Waals surface area contributed by atoms with Crippen molar-refractivity contribution in [1.29, 1.82) is 0 Å². The summed E-state index contributed by atoms with van der Waals surface area (Å²) in [6.45, 7) is 9.99. The lowest BCUT2D eigenvalue weighted by atomic mass is 9.99. The Morgan fingerprint density at radius 3 is 2.24 bits per heavy atom. The van der Waals surface area contributed by atoms with Crippen molar-refractivity contribution < 1.29 is 18.3 Å². The van der Waals surface area contributed by atoms with Gasteiger partial charge in [-0.3, -0.25) is 0 Å². The molecule has 0 aliphatic rings. The molecule has 0 radical (unpaired) electrons. The number of rotatable bonds is 4. The number of carbonyl (C=O) groups is 1. The van der Waals surface area contributed by atoms with E-state index in [2.05, 4.69) is 11.9 Å². The Morgan fingerprint density at radius 2 is 1.81 bits per heavy atom. The maximum Gasteiger partial charge on any atom is 0.408 e. The monoisotopic (exact) mass is 297 g/mol. The summed E-state index contributed by atoms with van der Waals surface area (Å²) in [5.41, 5.74) is 0.471. The summed E-state index contributed by atoms with van der Waals surface area (Å²) in [5, 5.41) is 2.22. The Balaban J connectivity index is 3.02. The van der Waals surface area contributed by atoms with E-state index >= 15 is 0 Å². The maximum absolute atomic E-state index is 14.0. The third-order valence-corrected chi connectivity index (χ3v) is 2.73. The highest BCUT2D eigenvalue weighted by Crippen LogP contribution is 2.32. The van der Waals surface area contributed by atoms with Crippen LogP contribution in [0.15, 0.2) is 36.9 Å². The summed E-state index contributed by atoms with van der Waals surface area (Å²) in [4.78, 5) is 11.8. The second kappa shape index (κ2) is 6.24. The number of ether oxygens (including phenoxy) is 1. The van der Waals surface area contributed by atoms with Gasteiger partial charge in [0.2, 0.25) is 0 Å². The fourth-order valence-electron chi connectivity index (χ4n) is 1.70. The van der Waals surface area contributed by atoms with Crippen molar-refractivity contribution in [2.75, 3.05) is 0 Å². The molecule has 5 heteroatoms. The van der Waals surface area contributed by atoms with Crippen molar-refractivity contribution in [2.45, 2.75) is 45.3 Å².